The molecular weight excluding hydrogens is 242 g/mol. The van der Waals surface area contributed by atoms with Crippen LogP contribution in [0.1, 0.15) is 26.3 Å². The molecule has 1 aromatic rings. The molecule has 4 heteroatoms. The van der Waals surface area contributed by atoms with Crippen molar-refractivity contribution < 1.29 is 14.2 Å². The first-order chi connectivity index (χ1) is 9.09. The highest BCUT2D eigenvalue weighted by Gasteiger charge is 2.27. The largest absolute Gasteiger partial charge is 0.494 e. The number of hydrogen-bond donors (Lipinski definition) is 1. The lowest BCUT2D eigenvalue weighted by Crippen LogP contribution is -2.48. The van der Waals surface area contributed by atoms with Crippen LogP contribution in [0.2, 0.25) is 0 Å². The molecule has 106 valence electrons. The van der Waals surface area contributed by atoms with Crippen LogP contribution in [0.15, 0.2) is 24.3 Å². The molecule has 1 aliphatic heterocycles. The Kier molecular flexibility index (Phi) is 4.80. The van der Waals surface area contributed by atoms with E-state index in [-0.39, 0.29) is 6.04 Å². The number of rotatable bonds is 5. The lowest BCUT2D eigenvalue weighted by atomic mass is 10.2. The van der Waals surface area contributed by atoms with Crippen LogP contribution >= 0.6 is 0 Å². The Morgan fingerprint density at radius 2 is 2.05 bits per heavy atom. The quantitative estimate of drug-likeness (QED) is 0.887. The van der Waals surface area contributed by atoms with Gasteiger partial charge < -0.3 is 19.5 Å². The Labute approximate surface area is 115 Å². The molecular formula is C15H23NO3. The molecule has 1 fully saturated rings. The minimum atomic E-state index is -0.451. The normalized spacial score (nSPS) is 19.3. The fraction of sp³-hybridized carbons (Fsp3) is 0.600. The van der Waals surface area contributed by atoms with Crippen LogP contribution < -0.4 is 10.1 Å². The number of hydrogen-bond acceptors (Lipinski definition) is 4. The Morgan fingerprint density at radius 1 is 1.32 bits per heavy atom. The Balaban J connectivity index is 1.81. The van der Waals surface area contributed by atoms with E-state index in [0.717, 1.165) is 12.3 Å². The molecule has 19 heavy (non-hydrogen) atoms. The lowest BCUT2D eigenvalue weighted by molar-refractivity contribution is -0.253. The van der Waals surface area contributed by atoms with Crippen molar-refractivity contribution in [1.82, 2.24) is 5.32 Å². The second-order valence-electron chi connectivity index (χ2n) is 5.18. The van der Waals surface area contributed by atoms with Crippen molar-refractivity contribution >= 4 is 0 Å². The molecule has 0 atom stereocenters. The van der Waals surface area contributed by atoms with Crippen molar-refractivity contribution in [1.29, 1.82) is 0 Å². The van der Waals surface area contributed by atoms with Gasteiger partial charge in [-0.1, -0.05) is 12.1 Å². The van der Waals surface area contributed by atoms with Crippen LogP contribution in [0.3, 0.4) is 0 Å². The topological polar surface area (TPSA) is 39.7 Å². The van der Waals surface area contributed by atoms with E-state index in [9.17, 15) is 0 Å². The lowest BCUT2D eigenvalue weighted by Gasteiger charge is -2.35. The van der Waals surface area contributed by atoms with E-state index in [0.29, 0.717) is 19.8 Å². The van der Waals surface area contributed by atoms with Crippen molar-refractivity contribution in [2.75, 3.05) is 19.8 Å². The monoisotopic (exact) mass is 265 g/mol. The standard InChI is InChI=1S/C15H23NO3/c1-4-17-14-7-5-6-12(8-14)9-16-13-10-18-15(2,3)19-11-13/h5-8,13,16H,4,9-11H2,1-3H3. The average Bonchev–Trinajstić information content (AvgIpc) is 2.38. The van der Waals surface area contributed by atoms with Gasteiger partial charge in [-0.25, -0.2) is 0 Å². The first-order valence-electron chi connectivity index (χ1n) is 6.82. The molecule has 4 nitrogen and oxygen atoms in total. The molecule has 1 aromatic carbocycles. The van der Waals surface area contributed by atoms with Gasteiger partial charge in [-0.15, -0.1) is 0 Å². The van der Waals surface area contributed by atoms with Crippen LogP contribution in [0.4, 0.5) is 0 Å². The van der Waals surface area contributed by atoms with E-state index < -0.39 is 5.79 Å². The summed E-state index contributed by atoms with van der Waals surface area (Å²) in [6, 6.07) is 8.37. The second-order valence-corrected chi connectivity index (χ2v) is 5.18. The molecule has 0 spiro atoms. The highest BCUT2D eigenvalue weighted by molar-refractivity contribution is 5.28. The fourth-order valence-corrected chi connectivity index (χ4v) is 1.98. The maximum atomic E-state index is 5.62. The molecule has 2 rings (SSSR count). The summed E-state index contributed by atoms with van der Waals surface area (Å²) in [4.78, 5) is 0. The molecule has 0 unspecified atom stereocenters. The van der Waals surface area contributed by atoms with Gasteiger partial charge in [0.1, 0.15) is 5.75 Å². The van der Waals surface area contributed by atoms with E-state index in [2.05, 4.69) is 17.4 Å². The van der Waals surface area contributed by atoms with Gasteiger partial charge in [0.05, 0.1) is 25.9 Å². The molecule has 1 heterocycles. The molecule has 0 aromatic heterocycles. The van der Waals surface area contributed by atoms with Crippen LogP contribution in [0.5, 0.6) is 5.75 Å². The maximum Gasteiger partial charge on any atom is 0.162 e. The summed E-state index contributed by atoms with van der Waals surface area (Å²) in [5.74, 6) is 0.464. The van der Waals surface area contributed by atoms with E-state index in [1.807, 2.05) is 32.9 Å². The fourth-order valence-electron chi connectivity index (χ4n) is 1.98. The predicted molar refractivity (Wildman–Crippen MR) is 74.2 cm³/mol. The van der Waals surface area contributed by atoms with E-state index >= 15 is 0 Å². The van der Waals surface area contributed by atoms with Gasteiger partial charge in [0.25, 0.3) is 0 Å². The zero-order chi connectivity index (χ0) is 13.7. The number of ether oxygens (including phenoxy) is 3. The first kappa shape index (κ1) is 14.3. The third kappa shape index (κ3) is 4.49. The van der Waals surface area contributed by atoms with Crippen molar-refractivity contribution in [3.63, 3.8) is 0 Å². The highest BCUT2D eigenvalue weighted by atomic mass is 16.7. The minimum absolute atomic E-state index is 0.240. The van der Waals surface area contributed by atoms with Gasteiger partial charge in [-0.05, 0) is 38.5 Å². The van der Waals surface area contributed by atoms with Crippen LogP contribution in [-0.2, 0) is 16.0 Å². The third-order valence-electron chi connectivity index (χ3n) is 3.07. The average molecular weight is 265 g/mol. The van der Waals surface area contributed by atoms with E-state index in [4.69, 9.17) is 14.2 Å². The molecule has 1 N–H and O–H groups in total. The van der Waals surface area contributed by atoms with Crippen molar-refractivity contribution in [2.45, 2.75) is 39.1 Å². The summed E-state index contributed by atoms with van der Waals surface area (Å²) in [6.07, 6.45) is 0. The zero-order valence-corrected chi connectivity index (χ0v) is 11.9. The molecule has 0 amide bonds. The van der Waals surface area contributed by atoms with Gasteiger partial charge in [0.15, 0.2) is 5.79 Å². The van der Waals surface area contributed by atoms with E-state index in [1.165, 1.54) is 5.56 Å². The van der Waals surface area contributed by atoms with Gasteiger partial charge in [-0.2, -0.15) is 0 Å². The first-order valence-corrected chi connectivity index (χ1v) is 6.82. The summed E-state index contributed by atoms with van der Waals surface area (Å²) in [7, 11) is 0. The number of benzene rings is 1. The maximum absolute atomic E-state index is 5.62. The minimum Gasteiger partial charge on any atom is -0.494 e. The zero-order valence-electron chi connectivity index (χ0n) is 11.9. The molecule has 1 aliphatic rings. The second kappa shape index (κ2) is 6.37. The molecule has 1 saturated heterocycles. The van der Waals surface area contributed by atoms with Gasteiger partial charge >= 0.3 is 0 Å². The highest BCUT2D eigenvalue weighted by Crippen LogP contribution is 2.18. The van der Waals surface area contributed by atoms with Gasteiger partial charge in [0.2, 0.25) is 0 Å². The van der Waals surface area contributed by atoms with Gasteiger partial charge in [-0.3, -0.25) is 0 Å². The van der Waals surface area contributed by atoms with Crippen molar-refractivity contribution in [3.05, 3.63) is 29.8 Å². The SMILES string of the molecule is CCOc1cccc(CNC2COC(C)(C)OC2)c1. The van der Waals surface area contributed by atoms with Crippen molar-refractivity contribution in [3.8, 4) is 5.75 Å². The summed E-state index contributed by atoms with van der Waals surface area (Å²) < 4.78 is 16.7. The third-order valence-corrected chi connectivity index (χ3v) is 3.07. The number of nitrogens with one attached hydrogen (secondary N) is 1. The Bertz CT molecular complexity index is 396. The Hall–Kier alpha value is -1.10. The van der Waals surface area contributed by atoms with Crippen LogP contribution in [-0.4, -0.2) is 31.6 Å². The molecule has 0 radical (unpaired) electrons. The summed E-state index contributed by atoms with van der Waals surface area (Å²) >= 11 is 0. The summed E-state index contributed by atoms with van der Waals surface area (Å²) in [5.41, 5.74) is 1.20. The molecule has 0 bridgehead atoms. The predicted octanol–water partition coefficient (Wildman–Crippen LogP) is 2.33. The van der Waals surface area contributed by atoms with Crippen molar-refractivity contribution in [2.24, 2.45) is 0 Å². The Morgan fingerprint density at radius 3 is 2.74 bits per heavy atom. The van der Waals surface area contributed by atoms with Gasteiger partial charge in [0, 0.05) is 6.54 Å². The smallest absolute Gasteiger partial charge is 0.162 e. The van der Waals surface area contributed by atoms with E-state index in [1.54, 1.807) is 0 Å². The molecule has 0 saturated carbocycles. The van der Waals surface area contributed by atoms with Crippen LogP contribution in [0, 0.1) is 0 Å². The molecule has 0 aliphatic carbocycles. The van der Waals surface area contributed by atoms with Crippen LogP contribution in [0.25, 0.3) is 0 Å². The summed E-state index contributed by atoms with van der Waals surface area (Å²) in [6.45, 7) is 8.71. The summed E-state index contributed by atoms with van der Waals surface area (Å²) in [5, 5.41) is 3.44.